The Labute approximate surface area is 138 Å². The van der Waals surface area contributed by atoms with Crippen molar-refractivity contribution in [2.24, 2.45) is 5.41 Å². The first-order valence-corrected chi connectivity index (χ1v) is 8.26. The molecule has 0 atom stereocenters. The van der Waals surface area contributed by atoms with E-state index in [-0.39, 0.29) is 28.2 Å². The Balaban J connectivity index is 3.32. The van der Waals surface area contributed by atoms with Gasteiger partial charge in [0.05, 0.1) is 10.7 Å². The van der Waals surface area contributed by atoms with Crippen molar-refractivity contribution in [2.45, 2.75) is 66.8 Å². The number of nitrogens with zero attached hydrogens (tertiary/aromatic N) is 1. The molecule has 0 aliphatic carbocycles. The molecule has 0 saturated heterocycles. The van der Waals surface area contributed by atoms with Gasteiger partial charge in [0, 0.05) is 12.5 Å². The van der Waals surface area contributed by atoms with Crippen LogP contribution in [0, 0.1) is 18.2 Å². The highest BCUT2D eigenvalue weighted by atomic mass is 35.5. The van der Waals surface area contributed by atoms with Gasteiger partial charge in [-0.1, -0.05) is 46.2 Å². The lowest BCUT2D eigenvalue weighted by molar-refractivity contribution is -0.120. The monoisotopic (exact) mass is 327 g/mol. The van der Waals surface area contributed by atoms with Gasteiger partial charge in [0.15, 0.2) is 0 Å². The third-order valence-electron chi connectivity index (χ3n) is 3.75. The van der Waals surface area contributed by atoms with Crippen LogP contribution in [0.5, 0.6) is 0 Å². The molecule has 0 saturated carbocycles. The largest absolute Gasteiger partial charge is 0.308 e. The smallest absolute Gasteiger partial charge is 0.227 e. The fraction of sp³-hybridized carbons (Fsp3) is 0.611. The topological polar surface area (TPSA) is 20.3 Å². The lowest BCUT2D eigenvalue weighted by Crippen LogP contribution is -2.41. The van der Waals surface area contributed by atoms with Gasteiger partial charge in [-0.15, -0.1) is 0 Å². The van der Waals surface area contributed by atoms with Gasteiger partial charge in [-0.2, -0.15) is 0 Å². The maximum absolute atomic E-state index is 13.7. The molecule has 1 amide bonds. The van der Waals surface area contributed by atoms with Crippen LogP contribution in [-0.4, -0.2) is 11.9 Å². The molecule has 0 spiro atoms. The van der Waals surface area contributed by atoms with Crippen molar-refractivity contribution < 1.29 is 9.18 Å². The van der Waals surface area contributed by atoms with Crippen molar-refractivity contribution in [3.8, 4) is 0 Å². The quantitative estimate of drug-likeness (QED) is 0.674. The molecule has 124 valence electrons. The predicted octanol–water partition coefficient (Wildman–Crippen LogP) is 5.75. The van der Waals surface area contributed by atoms with E-state index in [2.05, 4.69) is 13.8 Å². The van der Waals surface area contributed by atoms with Gasteiger partial charge in [-0.25, -0.2) is 4.39 Å². The Morgan fingerprint density at radius 3 is 2.27 bits per heavy atom. The summed E-state index contributed by atoms with van der Waals surface area (Å²) in [6, 6.07) is 3.04. The molecule has 2 nitrogen and oxygen atoms in total. The maximum atomic E-state index is 13.7. The second kappa shape index (κ2) is 7.45. The first-order valence-electron chi connectivity index (χ1n) is 7.88. The van der Waals surface area contributed by atoms with Crippen molar-refractivity contribution in [1.29, 1.82) is 0 Å². The molecule has 0 fully saturated rings. The first kappa shape index (κ1) is 19.0. The van der Waals surface area contributed by atoms with Crippen LogP contribution >= 0.6 is 11.6 Å². The molecule has 1 aromatic rings. The number of aryl methyl sites for hydroxylation is 1. The molecule has 0 bridgehead atoms. The number of amides is 1. The zero-order chi connectivity index (χ0) is 17.1. The van der Waals surface area contributed by atoms with E-state index in [9.17, 15) is 9.18 Å². The van der Waals surface area contributed by atoms with E-state index in [1.54, 1.807) is 17.9 Å². The van der Waals surface area contributed by atoms with Gasteiger partial charge < -0.3 is 4.90 Å². The molecule has 0 unspecified atom stereocenters. The molecule has 0 heterocycles. The van der Waals surface area contributed by atoms with Crippen LogP contribution in [0.2, 0.25) is 5.02 Å². The number of rotatable bonds is 5. The van der Waals surface area contributed by atoms with Gasteiger partial charge >= 0.3 is 0 Å². The molecule has 22 heavy (non-hydrogen) atoms. The number of carbonyl (C=O) groups is 1. The summed E-state index contributed by atoms with van der Waals surface area (Å²) in [4.78, 5) is 14.6. The predicted molar refractivity (Wildman–Crippen MR) is 92.1 cm³/mol. The normalized spacial score (nSPS) is 11.9. The summed E-state index contributed by atoms with van der Waals surface area (Å²) in [6.07, 6.45) is 2.09. The van der Waals surface area contributed by atoms with E-state index in [1.165, 1.54) is 6.07 Å². The van der Waals surface area contributed by atoms with Gasteiger partial charge in [0.25, 0.3) is 0 Å². The highest BCUT2D eigenvalue weighted by Gasteiger charge is 2.28. The molecule has 0 aromatic heterocycles. The SMILES string of the molecule is CCC(CC)N(C(=O)CC(C)(C)C)c1cc(C)c(F)cc1Cl. The van der Waals surface area contributed by atoms with Crippen LogP contribution in [0.1, 0.15) is 59.4 Å². The van der Waals surface area contributed by atoms with Gasteiger partial charge in [-0.05, 0) is 42.9 Å². The summed E-state index contributed by atoms with van der Waals surface area (Å²) in [6.45, 7) is 11.9. The Kier molecular flexibility index (Phi) is 6.42. The molecule has 0 radical (unpaired) electrons. The Hall–Kier alpha value is -1.09. The van der Waals surface area contributed by atoms with Crippen LogP contribution in [-0.2, 0) is 4.79 Å². The second-order valence-electron chi connectivity index (χ2n) is 7.02. The van der Waals surface area contributed by atoms with Gasteiger partial charge in [-0.3, -0.25) is 4.79 Å². The lowest BCUT2D eigenvalue weighted by atomic mass is 9.91. The van der Waals surface area contributed by atoms with Crippen molar-refractivity contribution in [2.75, 3.05) is 4.90 Å². The van der Waals surface area contributed by atoms with Crippen molar-refractivity contribution in [3.63, 3.8) is 0 Å². The Morgan fingerprint density at radius 2 is 1.82 bits per heavy atom. The second-order valence-corrected chi connectivity index (χ2v) is 7.43. The molecular weight excluding hydrogens is 301 g/mol. The van der Waals surface area contributed by atoms with Crippen LogP contribution in [0.15, 0.2) is 12.1 Å². The average Bonchev–Trinajstić information content (AvgIpc) is 2.38. The van der Waals surface area contributed by atoms with Crippen LogP contribution in [0.3, 0.4) is 0 Å². The summed E-state index contributed by atoms with van der Waals surface area (Å²) in [5.41, 5.74) is 1.01. The molecular formula is C18H27ClFNO. The van der Waals surface area contributed by atoms with E-state index in [0.29, 0.717) is 17.7 Å². The van der Waals surface area contributed by atoms with Crippen LogP contribution in [0.4, 0.5) is 10.1 Å². The van der Waals surface area contributed by atoms with E-state index >= 15 is 0 Å². The van der Waals surface area contributed by atoms with Crippen molar-refractivity contribution in [1.82, 2.24) is 0 Å². The molecule has 0 aliphatic rings. The highest BCUT2D eigenvalue weighted by Crippen LogP contribution is 2.33. The van der Waals surface area contributed by atoms with Crippen LogP contribution in [0.25, 0.3) is 0 Å². The minimum atomic E-state index is -0.346. The number of carbonyl (C=O) groups excluding carboxylic acids is 1. The third-order valence-corrected chi connectivity index (χ3v) is 4.05. The molecule has 1 rings (SSSR count). The molecule has 0 aliphatic heterocycles. The fourth-order valence-corrected chi connectivity index (χ4v) is 2.80. The summed E-state index contributed by atoms with van der Waals surface area (Å²) >= 11 is 6.24. The molecule has 1 aromatic carbocycles. The number of halogens is 2. The van der Waals surface area contributed by atoms with Crippen molar-refractivity contribution >= 4 is 23.2 Å². The Bertz CT molecular complexity index is 533. The number of hydrogen-bond acceptors (Lipinski definition) is 1. The molecule has 4 heteroatoms. The first-order chi connectivity index (χ1) is 10.1. The molecule has 0 N–H and O–H groups in total. The van der Waals surface area contributed by atoms with Gasteiger partial charge in [0.1, 0.15) is 5.82 Å². The summed E-state index contributed by atoms with van der Waals surface area (Å²) < 4.78 is 13.7. The zero-order valence-electron chi connectivity index (χ0n) is 14.5. The van der Waals surface area contributed by atoms with Crippen LogP contribution < -0.4 is 4.90 Å². The van der Waals surface area contributed by atoms with Crippen molar-refractivity contribution in [3.05, 3.63) is 28.5 Å². The lowest BCUT2D eigenvalue weighted by Gasteiger charge is -2.34. The highest BCUT2D eigenvalue weighted by molar-refractivity contribution is 6.33. The minimum absolute atomic E-state index is 0.0362. The van der Waals surface area contributed by atoms with E-state index in [1.807, 2.05) is 20.8 Å². The van der Waals surface area contributed by atoms with E-state index in [4.69, 9.17) is 11.6 Å². The average molecular weight is 328 g/mol. The maximum Gasteiger partial charge on any atom is 0.227 e. The fourth-order valence-electron chi connectivity index (χ4n) is 2.55. The summed E-state index contributed by atoms with van der Waals surface area (Å²) in [7, 11) is 0. The number of benzene rings is 1. The standard InChI is InChI=1S/C18H27ClFNO/c1-7-13(8-2)21(17(22)11-18(4,5)6)16-9-12(3)15(20)10-14(16)19/h9-10,13H,7-8,11H2,1-6H3. The Morgan fingerprint density at radius 1 is 1.27 bits per heavy atom. The van der Waals surface area contributed by atoms with Gasteiger partial charge in [0.2, 0.25) is 5.91 Å². The number of hydrogen-bond donors (Lipinski definition) is 0. The minimum Gasteiger partial charge on any atom is -0.308 e. The van der Waals surface area contributed by atoms with E-state index < -0.39 is 0 Å². The third kappa shape index (κ3) is 4.70. The van der Waals surface area contributed by atoms with E-state index in [0.717, 1.165) is 12.8 Å². The summed E-state index contributed by atoms with van der Waals surface area (Å²) in [5.74, 6) is -0.310. The summed E-state index contributed by atoms with van der Waals surface area (Å²) in [5, 5.41) is 0.289. The number of anilines is 1. The zero-order valence-corrected chi connectivity index (χ0v) is 15.2.